The third kappa shape index (κ3) is 7.93. The molecule has 0 fully saturated rings. The molecule has 21 heavy (non-hydrogen) atoms. The number of hydrogen-bond donors (Lipinski definition) is 1. The van der Waals surface area contributed by atoms with Gasteiger partial charge in [-0.1, -0.05) is 18.2 Å². The van der Waals surface area contributed by atoms with Crippen LogP contribution in [0.4, 0.5) is 0 Å². The SMILES string of the molecule is Cc1ccccc1OCCCN(C)C(=O)CCC(C)N.Cl. The monoisotopic (exact) mass is 314 g/mol. The molecular formula is C16H27ClN2O2. The number of carbonyl (C=O) groups excluding carboxylic acids is 1. The van der Waals surface area contributed by atoms with Gasteiger partial charge < -0.3 is 15.4 Å². The molecule has 1 amide bonds. The van der Waals surface area contributed by atoms with Gasteiger partial charge in [0.05, 0.1) is 6.61 Å². The van der Waals surface area contributed by atoms with Crippen LogP contribution in [0.2, 0.25) is 0 Å². The highest BCUT2D eigenvalue weighted by Gasteiger charge is 2.09. The Hall–Kier alpha value is -1.26. The van der Waals surface area contributed by atoms with Gasteiger partial charge in [0.25, 0.3) is 0 Å². The predicted molar refractivity (Wildman–Crippen MR) is 89.1 cm³/mol. The van der Waals surface area contributed by atoms with Crippen molar-refractivity contribution in [1.29, 1.82) is 0 Å². The van der Waals surface area contributed by atoms with Crippen molar-refractivity contribution >= 4 is 18.3 Å². The standard InChI is InChI=1S/C16H26N2O2.ClH/c1-13-7-4-5-8-15(13)20-12-6-11-18(3)16(19)10-9-14(2)17;/h4-5,7-8,14H,6,9-12,17H2,1-3H3;1H. The van der Waals surface area contributed by atoms with Crippen LogP contribution < -0.4 is 10.5 Å². The molecule has 0 aliphatic rings. The highest BCUT2D eigenvalue weighted by Crippen LogP contribution is 2.16. The second-order valence-corrected chi connectivity index (χ2v) is 5.30. The number of para-hydroxylation sites is 1. The number of nitrogens with two attached hydrogens (primary N) is 1. The number of halogens is 1. The maximum Gasteiger partial charge on any atom is 0.222 e. The van der Waals surface area contributed by atoms with E-state index < -0.39 is 0 Å². The van der Waals surface area contributed by atoms with Gasteiger partial charge in [-0.2, -0.15) is 0 Å². The Morgan fingerprint density at radius 2 is 2.05 bits per heavy atom. The zero-order valence-electron chi connectivity index (χ0n) is 13.2. The second kappa shape index (κ2) is 10.5. The molecule has 0 aliphatic carbocycles. The van der Waals surface area contributed by atoms with E-state index >= 15 is 0 Å². The molecule has 0 bridgehead atoms. The van der Waals surface area contributed by atoms with Crippen LogP contribution in [0.25, 0.3) is 0 Å². The van der Waals surface area contributed by atoms with Crippen LogP contribution in [0.5, 0.6) is 5.75 Å². The predicted octanol–water partition coefficient (Wildman–Crippen LogP) is 2.77. The van der Waals surface area contributed by atoms with Gasteiger partial charge in [0.2, 0.25) is 5.91 Å². The summed E-state index contributed by atoms with van der Waals surface area (Å²) in [5.41, 5.74) is 6.78. The fourth-order valence-electron chi connectivity index (χ4n) is 1.87. The lowest BCUT2D eigenvalue weighted by Gasteiger charge is -2.18. The van der Waals surface area contributed by atoms with E-state index in [1.165, 1.54) is 0 Å². The number of rotatable bonds is 8. The lowest BCUT2D eigenvalue weighted by molar-refractivity contribution is -0.130. The van der Waals surface area contributed by atoms with Gasteiger partial charge in [0.15, 0.2) is 0 Å². The molecule has 5 heteroatoms. The average Bonchev–Trinajstić information content (AvgIpc) is 2.42. The summed E-state index contributed by atoms with van der Waals surface area (Å²) in [6.45, 7) is 5.28. The Balaban J connectivity index is 0.00000400. The third-order valence-electron chi connectivity index (χ3n) is 3.23. The zero-order chi connectivity index (χ0) is 15.0. The average molecular weight is 315 g/mol. The van der Waals surface area contributed by atoms with Gasteiger partial charge in [0, 0.05) is 26.1 Å². The molecule has 0 aliphatic heterocycles. The first-order valence-electron chi connectivity index (χ1n) is 7.18. The van der Waals surface area contributed by atoms with Crippen molar-refractivity contribution in [3.05, 3.63) is 29.8 Å². The molecule has 0 spiro atoms. The van der Waals surface area contributed by atoms with Crippen LogP contribution in [-0.2, 0) is 4.79 Å². The van der Waals surface area contributed by atoms with E-state index in [4.69, 9.17) is 10.5 Å². The molecule has 0 aromatic heterocycles. The molecule has 1 rings (SSSR count). The molecule has 1 atom stereocenters. The minimum atomic E-state index is 0. The summed E-state index contributed by atoms with van der Waals surface area (Å²) in [7, 11) is 1.83. The molecule has 0 saturated heterocycles. The number of nitrogens with zero attached hydrogens (tertiary/aromatic N) is 1. The van der Waals surface area contributed by atoms with Crippen molar-refractivity contribution in [1.82, 2.24) is 4.90 Å². The van der Waals surface area contributed by atoms with Crippen molar-refractivity contribution < 1.29 is 9.53 Å². The van der Waals surface area contributed by atoms with Crippen LogP contribution in [0.15, 0.2) is 24.3 Å². The number of carbonyl (C=O) groups is 1. The van der Waals surface area contributed by atoms with E-state index in [2.05, 4.69) is 0 Å². The molecule has 1 aromatic rings. The minimum absolute atomic E-state index is 0. The molecule has 0 radical (unpaired) electrons. The molecule has 4 nitrogen and oxygen atoms in total. The van der Waals surface area contributed by atoms with Crippen molar-refractivity contribution in [2.45, 2.75) is 39.2 Å². The Kier molecular flexibility index (Phi) is 9.84. The van der Waals surface area contributed by atoms with Gasteiger partial charge in [-0.15, -0.1) is 12.4 Å². The topological polar surface area (TPSA) is 55.6 Å². The van der Waals surface area contributed by atoms with Crippen molar-refractivity contribution in [3.8, 4) is 5.75 Å². The van der Waals surface area contributed by atoms with E-state index in [0.29, 0.717) is 19.6 Å². The Bertz CT molecular complexity index is 424. The number of amides is 1. The van der Waals surface area contributed by atoms with Crippen LogP contribution in [0.1, 0.15) is 31.7 Å². The summed E-state index contributed by atoms with van der Waals surface area (Å²) in [5.74, 6) is 1.07. The van der Waals surface area contributed by atoms with Crippen LogP contribution >= 0.6 is 12.4 Å². The first-order chi connectivity index (χ1) is 9.50. The molecule has 120 valence electrons. The van der Waals surface area contributed by atoms with Gasteiger partial charge in [-0.3, -0.25) is 4.79 Å². The number of benzene rings is 1. The molecule has 0 saturated carbocycles. The fraction of sp³-hybridized carbons (Fsp3) is 0.562. The largest absolute Gasteiger partial charge is 0.493 e. The number of hydrogen-bond acceptors (Lipinski definition) is 3. The minimum Gasteiger partial charge on any atom is -0.493 e. The zero-order valence-corrected chi connectivity index (χ0v) is 14.0. The first kappa shape index (κ1) is 19.7. The van der Waals surface area contributed by atoms with E-state index in [9.17, 15) is 4.79 Å². The van der Waals surface area contributed by atoms with Gasteiger partial charge in [0.1, 0.15) is 5.75 Å². The molecule has 0 heterocycles. The van der Waals surface area contributed by atoms with Crippen LogP contribution in [0.3, 0.4) is 0 Å². The number of ether oxygens (including phenoxy) is 1. The van der Waals surface area contributed by atoms with E-state index in [1.54, 1.807) is 4.90 Å². The summed E-state index contributed by atoms with van der Waals surface area (Å²) in [4.78, 5) is 13.5. The van der Waals surface area contributed by atoms with Crippen molar-refractivity contribution in [3.63, 3.8) is 0 Å². The fourth-order valence-corrected chi connectivity index (χ4v) is 1.87. The molecule has 1 unspecified atom stereocenters. The third-order valence-corrected chi connectivity index (χ3v) is 3.23. The summed E-state index contributed by atoms with van der Waals surface area (Å²) in [6, 6.07) is 8.03. The Morgan fingerprint density at radius 3 is 2.67 bits per heavy atom. The van der Waals surface area contributed by atoms with Gasteiger partial charge in [-0.25, -0.2) is 0 Å². The summed E-state index contributed by atoms with van der Waals surface area (Å²) in [6.07, 6.45) is 2.09. The molecule has 2 N–H and O–H groups in total. The lowest BCUT2D eigenvalue weighted by atomic mass is 10.2. The van der Waals surface area contributed by atoms with Gasteiger partial charge >= 0.3 is 0 Å². The van der Waals surface area contributed by atoms with E-state index in [-0.39, 0.29) is 24.4 Å². The smallest absolute Gasteiger partial charge is 0.222 e. The Morgan fingerprint density at radius 1 is 1.38 bits per heavy atom. The second-order valence-electron chi connectivity index (χ2n) is 5.30. The van der Waals surface area contributed by atoms with Gasteiger partial charge in [-0.05, 0) is 38.3 Å². The highest BCUT2D eigenvalue weighted by molar-refractivity contribution is 5.85. The molecule has 1 aromatic carbocycles. The van der Waals surface area contributed by atoms with E-state index in [0.717, 1.165) is 24.2 Å². The van der Waals surface area contributed by atoms with Crippen LogP contribution in [-0.4, -0.2) is 37.0 Å². The van der Waals surface area contributed by atoms with Crippen LogP contribution in [0, 0.1) is 6.92 Å². The molecular weight excluding hydrogens is 288 g/mol. The Labute approximate surface area is 134 Å². The highest BCUT2D eigenvalue weighted by atomic mass is 35.5. The lowest BCUT2D eigenvalue weighted by Crippen LogP contribution is -2.30. The van der Waals surface area contributed by atoms with E-state index in [1.807, 2.05) is 45.2 Å². The normalized spacial score (nSPS) is 11.4. The summed E-state index contributed by atoms with van der Waals surface area (Å²) >= 11 is 0. The summed E-state index contributed by atoms with van der Waals surface area (Å²) < 4.78 is 5.71. The maximum atomic E-state index is 11.8. The first-order valence-corrected chi connectivity index (χ1v) is 7.18. The van der Waals surface area contributed by atoms with Crippen molar-refractivity contribution in [2.24, 2.45) is 5.73 Å². The maximum absolute atomic E-state index is 11.8. The quantitative estimate of drug-likeness (QED) is 0.751. The number of aryl methyl sites for hydroxylation is 1. The summed E-state index contributed by atoms with van der Waals surface area (Å²) in [5, 5.41) is 0. The van der Waals surface area contributed by atoms with Crippen molar-refractivity contribution in [2.75, 3.05) is 20.2 Å².